The average molecular weight is 335 g/mol. The van der Waals surface area contributed by atoms with Crippen molar-refractivity contribution in [2.24, 2.45) is 0 Å². The third-order valence-electron chi connectivity index (χ3n) is 3.80. The fraction of sp³-hybridized carbons (Fsp3) is 0.158. The van der Waals surface area contributed by atoms with Crippen LogP contribution in [0.4, 0.5) is 4.79 Å². The highest BCUT2D eigenvalue weighted by Crippen LogP contribution is 2.19. The van der Waals surface area contributed by atoms with Gasteiger partial charge in [0.15, 0.2) is 0 Å². The maximum atomic E-state index is 11.1. The smallest absolute Gasteiger partial charge is 0.405 e. The molecule has 0 aliphatic carbocycles. The van der Waals surface area contributed by atoms with Crippen molar-refractivity contribution in [3.8, 4) is 18.1 Å². The number of hydrogen-bond donors (Lipinski definition) is 3. The van der Waals surface area contributed by atoms with Gasteiger partial charge in [-0.25, -0.2) is 4.79 Å². The molecule has 1 aromatic carbocycles. The molecule has 0 saturated carbocycles. The lowest BCUT2D eigenvalue weighted by Gasteiger charge is -2.17. The number of fused-ring (bicyclic) bond motifs is 1. The first-order chi connectivity index (χ1) is 12.2. The van der Waals surface area contributed by atoms with Crippen LogP contribution >= 0.6 is 0 Å². The van der Waals surface area contributed by atoms with E-state index < -0.39 is 12.1 Å². The molecular weight excluding hydrogens is 318 g/mol. The van der Waals surface area contributed by atoms with Crippen molar-refractivity contribution < 1.29 is 14.6 Å². The summed E-state index contributed by atoms with van der Waals surface area (Å²) < 4.78 is 5.68. The molecule has 126 valence electrons. The van der Waals surface area contributed by atoms with Crippen molar-refractivity contribution in [2.45, 2.75) is 12.5 Å². The molecule has 3 rings (SSSR count). The van der Waals surface area contributed by atoms with E-state index in [9.17, 15) is 4.79 Å². The van der Waals surface area contributed by atoms with E-state index >= 15 is 0 Å². The lowest BCUT2D eigenvalue weighted by molar-refractivity contribution is 0.181. The van der Waals surface area contributed by atoms with E-state index in [0.717, 1.165) is 16.5 Å². The van der Waals surface area contributed by atoms with Gasteiger partial charge in [-0.2, -0.15) is 0 Å². The monoisotopic (exact) mass is 335 g/mol. The summed E-state index contributed by atoms with van der Waals surface area (Å²) in [5.41, 5.74) is 2.64. The molecule has 6 heteroatoms. The number of H-pyrrole nitrogens is 1. The van der Waals surface area contributed by atoms with Gasteiger partial charge < -0.3 is 20.1 Å². The summed E-state index contributed by atoms with van der Waals surface area (Å²) in [5, 5.41) is 12.7. The Kier molecular flexibility index (Phi) is 4.86. The van der Waals surface area contributed by atoms with E-state index in [4.69, 9.17) is 16.3 Å². The van der Waals surface area contributed by atoms with Gasteiger partial charge in [0.2, 0.25) is 0 Å². The van der Waals surface area contributed by atoms with Crippen LogP contribution in [0.2, 0.25) is 0 Å². The summed E-state index contributed by atoms with van der Waals surface area (Å²) in [6.07, 6.45) is 9.75. The molecule has 0 unspecified atom stereocenters. The van der Waals surface area contributed by atoms with Crippen molar-refractivity contribution in [1.82, 2.24) is 15.3 Å². The number of aromatic amines is 1. The van der Waals surface area contributed by atoms with Crippen LogP contribution in [0.5, 0.6) is 5.75 Å². The Balaban J connectivity index is 1.73. The first kappa shape index (κ1) is 16.4. The van der Waals surface area contributed by atoms with Gasteiger partial charge in [0.1, 0.15) is 12.4 Å². The lowest BCUT2D eigenvalue weighted by Crippen LogP contribution is -2.39. The van der Waals surface area contributed by atoms with Crippen molar-refractivity contribution in [2.75, 3.05) is 6.61 Å². The topological polar surface area (TPSA) is 87.2 Å². The minimum absolute atomic E-state index is 0.168. The van der Waals surface area contributed by atoms with E-state index in [1.807, 2.05) is 30.5 Å². The van der Waals surface area contributed by atoms with Gasteiger partial charge in [0.05, 0.1) is 12.2 Å². The van der Waals surface area contributed by atoms with Crippen molar-refractivity contribution in [1.29, 1.82) is 0 Å². The Morgan fingerprint density at radius 2 is 2.24 bits per heavy atom. The number of pyridine rings is 1. The van der Waals surface area contributed by atoms with Crippen LogP contribution in [-0.2, 0) is 6.42 Å². The standard InChI is InChI=1S/C19H17N3O3/c1-2-13-7-16(11-20-9-13)25-12-15(22-19(23)24)8-14-10-21-18-6-4-3-5-17(14)18/h1,3-7,9-11,15,21-22H,8,12H2,(H,23,24)/t15-/m0/s1. The number of terminal acetylenes is 1. The van der Waals surface area contributed by atoms with E-state index in [1.54, 1.807) is 18.5 Å². The molecule has 3 aromatic rings. The zero-order chi connectivity index (χ0) is 17.6. The quantitative estimate of drug-likeness (QED) is 0.605. The summed E-state index contributed by atoms with van der Waals surface area (Å²) in [6.45, 7) is 0.168. The van der Waals surface area contributed by atoms with Crippen LogP contribution in [0.3, 0.4) is 0 Å². The second-order valence-electron chi connectivity index (χ2n) is 5.57. The van der Waals surface area contributed by atoms with Crippen LogP contribution in [0.1, 0.15) is 11.1 Å². The van der Waals surface area contributed by atoms with Crippen LogP contribution in [0, 0.1) is 12.3 Å². The number of ether oxygens (including phenoxy) is 1. The van der Waals surface area contributed by atoms with Crippen molar-refractivity contribution in [3.05, 3.63) is 60.0 Å². The second-order valence-corrected chi connectivity index (χ2v) is 5.57. The summed E-state index contributed by atoms with van der Waals surface area (Å²) in [5.74, 6) is 2.99. The third-order valence-corrected chi connectivity index (χ3v) is 3.80. The first-order valence-electron chi connectivity index (χ1n) is 7.74. The number of aromatic nitrogens is 2. The molecule has 2 heterocycles. The molecule has 2 aromatic heterocycles. The number of carboxylic acid groups (broad SMARTS) is 1. The lowest BCUT2D eigenvalue weighted by atomic mass is 10.1. The van der Waals surface area contributed by atoms with Crippen molar-refractivity contribution >= 4 is 17.0 Å². The first-order valence-corrected chi connectivity index (χ1v) is 7.74. The number of para-hydroxylation sites is 1. The number of hydrogen-bond acceptors (Lipinski definition) is 3. The fourth-order valence-corrected chi connectivity index (χ4v) is 2.67. The molecule has 0 aliphatic heterocycles. The molecule has 6 nitrogen and oxygen atoms in total. The van der Waals surface area contributed by atoms with E-state index in [0.29, 0.717) is 17.7 Å². The molecule has 0 radical (unpaired) electrons. The molecular formula is C19H17N3O3. The highest BCUT2D eigenvalue weighted by Gasteiger charge is 2.16. The second kappa shape index (κ2) is 7.41. The fourth-order valence-electron chi connectivity index (χ4n) is 2.67. The SMILES string of the molecule is C#Cc1cncc(OC[C@H](Cc2c[nH]c3ccccc23)NC(=O)O)c1. The number of nitrogens with zero attached hydrogens (tertiary/aromatic N) is 1. The van der Waals surface area contributed by atoms with Gasteiger partial charge in [-0.15, -0.1) is 6.42 Å². The average Bonchev–Trinajstić information content (AvgIpc) is 3.02. The molecule has 1 atom stereocenters. The van der Waals surface area contributed by atoms with Crippen LogP contribution in [-0.4, -0.2) is 33.8 Å². The third kappa shape index (κ3) is 4.09. The maximum absolute atomic E-state index is 11.1. The van der Waals surface area contributed by atoms with Crippen LogP contribution in [0.25, 0.3) is 10.9 Å². The predicted molar refractivity (Wildman–Crippen MR) is 94.6 cm³/mol. The zero-order valence-corrected chi connectivity index (χ0v) is 13.4. The van der Waals surface area contributed by atoms with Crippen LogP contribution < -0.4 is 10.1 Å². The Labute approximate surface area is 144 Å². The molecule has 0 spiro atoms. The highest BCUT2D eigenvalue weighted by atomic mass is 16.5. The minimum Gasteiger partial charge on any atom is -0.490 e. The molecule has 25 heavy (non-hydrogen) atoms. The molecule has 0 bridgehead atoms. The minimum atomic E-state index is -1.09. The van der Waals surface area contributed by atoms with Gasteiger partial charge in [0, 0.05) is 28.9 Å². The molecule has 1 amide bonds. The Morgan fingerprint density at radius 1 is 1.40 bits per heavy atom. The Bertz CT molecular complexity index is 927. The molecule has 0 fully saturated rings. The Morgan fingerprint density at radius 3 is 3.04 bits per heavy atom. The van der Waals surface area contributed by atoms with E-state index in [-0.39, 0.29) is 6.61 Å². The van der Waals surface area contributed by atoms with E-state index in [1.165, 1.54) is 0 Å². The number of amides is 1. The summed E-state index contributed by atoms with van der Waals surface area (Å²) >= 11 is 0. The largest absolute Gasteiger partial charge is 0.490 e. The maximum Gasteiger partial charge on any atom is 0.405 e. The summed E-state index contributed by atoms with van der Waals surface area (Å²) in [6, 6.07) is 9.16. The number of rotatable bonds is 6. The number of carbonyl (C=O) groups is 1. The van der Waals surface area contributed by atoms with Gasteiger partial charge in [-0.3, -0.25) is 4.98 Å². The van der Waals surface area contributed by atoms with Gasteiger partial charge in [-0.1, -0.05) is 24.1 Å². The number of benzene rings is 1. The van der Waals surface area contributed by atoms with Gasteiger partial charge in [0.25, 0.3) is 0 Å². The predicted octanol–water partition coefficient (Wildman–Crippen LogP) is 2.80. The summed E-state index contributed by atoms with van der Waals surface area (Å²) in [7, 11) is 0. The molecule has 0 saturated heterocycles. The van der Waals surface area contributed by atoms with Crippen LogP contribution in [0.15, 0.2) is 48.9 Å². The van der Waals surface area contributed by atoms with Gasteiger partial charge >= 0.3 is 6.09 Å². The van der Waals surface area contributed by atoms with E-state index in [2.05, 4.69) is 21.2 Å². The molecule has 0 aliphatic rings. The Hall–Kier alpha value is -3.46. The normalized spacial score (nSPS) is 11.6. The zero-order valence-electron chi connectivity index (χ0n) is 13.4. The van der Waals surface area contributed by atoms with Crippen molar-refractivity contribution in [3.63, 3.8) is 0 Å². The summed E-state index contributed by atoms with van der Waals surface area (Å²) in [4.78, 5) is 18.3. The highest BCUT2D eigenvalue weighted by molar-refractivity contribution is 5.83. The molecule has 3 N–H and O–H groups in total. The van der Waals surface area contributed by atoms with Gasteiger partial charge in [-0.05, 0) is 24.1 Å². The number of nitrogens with one attached hydrogen (secondary N) is 2.